The van der Waals surface area contributed by atoms with Gasteiger partial charge in [0.2, 0.25) is 5.76 Å². The first kappa shape index (κ1) is 15.2. The normalized spacial score (nSPS) is 22.1. The molecule has 2 rings (SSSR count). The fourth-order valence-electron chi connectivity index (χ4n) is 2.12. The minimum atomic E-state index is -1.39. The molecule has 0 amide bonds. The van der Waals surface area contributed by atoms with E-state index in [1.807, 2.05) is 0 Å². The van der Waals surface area contributed by atoms with Crippen LogP contribution >= 0.6 is 0 Å². The fourth-order valence-corrected chi connectivity index (χ4v) is 3.23. The Kier molecular flexibility index (Phi) is 4.95. The molecule has 1 saturated heterocycles. The van der Waals surface area contributed by atoms with Crippen LogP contribution in [0, 0.1) is 0 Å². The minimum Gasteiger partial charge on any atom is -0.475 e. The van der Waals surface area contributed by atoms with E-state index in [1.54, 1.807) is 0 Å². The summed E-state index contributed by atoms with van der Waals surface area (Å²) >= 11 is 0. The van der Waals surface area contributed by atoms with Gasteiger partial charge < -0.3 is 14.3 Å². The summed E-state index contributed by atoms with van der Waals surface area (Å²) in [7, 11) is -1.39. The van der Waals surface area contributed by atoms with Crippen LogP contribution in [0.1, 0.15) is 24.4 Å². The topological polar surface area (TPSA) is 80.0 Å². The lowest BCUT2D eigenvalue weighted by Gasteiger charge is -2.35. The third kappa shape index (κ3) is 3.68. The SMILES string of the molecule is CC(C)N1CCOC(CS(=O)c2ccc(C(=O)O)o2)C1. The van der Waals surface area contributed by atoms with Gasteiger partial charge in [-0.15, -0.1) is 0 Å². The van der Waals surface area contributed by atoms with E-state index in [1.165, 1.54) is 12.1 Å². The molecule has 6 nitrogen and oxygen atoms in total. The van der Waals surface area contributed by atoms with Gasteiger partial charge >= 0.3 is 5.97 Å². The number of hydrogen-bond acceptors (Lipinski definition) is 5. The molecule has 0 spiro atoms. The lowest BCUT2D eigenvalue weighted by atomic mass is 10.2. The second-order valence-corrected chi connectivity index (χ2v) is 6.44. The van der Waals surface area contributed by atoms with Gasteiger partial charge in [-0.25, -0.2) is 4.79 Å². The molecule has 0 saturated carbocycles. The van der Waals surface area contributed by atoms with Crippen molar-refractivity contribution in [3.63, 3.8) is 0 Å². The van der Waals surface area contributed by atoms with Crippen molar-refractivity contribution in [3.05, 3.63) is 17.9 Å². The molecule has 1 fully saturated rings. The van der Waals surface area contributed by atoms with Crippen molar-refractivity contribution < 1.29 is 23.3 Å². The van der Waals surface area contributed by atoms with Gasteiger partial charge in [-0.1, -0.05) is 0 Å². The molecule has 0 aromatic carbocycles. The smallest absolute Gasteiger partial charge is 0.371 e. The first-order chi connectivity index (χ1) is 9.47. The second kappa shape index (κ2) is 6.51. The number of carboxylic acid groups (broad SMARTS) is 1. The van der Waals surface area contributed by atoms with Crippen molar-refractivity contribution in [2.75, 3.05) is 25.4 Å². The molecule has 2 atom stereocenters. The average molecular weight is 301 g/mol. The molecular formula is C13H19NO5S. The van der Waals surface area contributed by atoms with Gasteiger partial charge in [0.25, 0.3) is 0 Å². The number of nitrogens with zero attached hydrogens (tertiary/aromatic N) is 1. The number of carbonyl (C=O) groups is 1. The summed E-state index contributed by atoms with van der Waals surface area (Å²) in [4.78, 5) is 13.0. The second-order valence-electron chi connectivity index (χ2n) is 5.02. The standard InChI is InChI=1S/C13H19NO5S/c1-9(2)14-5-6-18-10(7-14)8-20(17)12-4-3-11(19-12)13(15)16/h3-4,9-10H,5-8H2,1-2H3,(H,15,16). The van der Waals surface area contributed by atoms with Gasteiger partial charge in [0, 0.05) is 19.1 Å². The van der Waals surface area contributed by atoms with Gasteiger partial charge in [0.05, 0.1) is 29.3 Å². The molecule has 0 bridgehead atoms. The molecule has 1 aromatic heterocycles. The van der Waals surface area contributed by atoms with E-state index in [4.69, 9.17) is 14.3 Å². The van der Waals surface area contributed by atoms with Crippen LogP contribution in [0.15, 0.2) is 21.6 Å². The highest BCUT2D eigenvalue weighted by molar-refractivity contribution is 7.84. The lowest BCUT2D eigenvalue weighted by Crippen LogP contribution is -2.47. The largest absolute Gasteiger partial charge is 0.475 e. The van der Waals surface area contributed by atoms with Gasteiger partial charge in [0.15, 0.2) is 5.09 Å². The number of morpholine rings is 1. The zero-order chi connectivity index (χ0) is 14.7. The fraction of sp³-hybridized carbons (Fsp3) is 0.615. The zero-order valence-electron chi connectivity index (χ0n) is 11.6. The average Bonchev–Trinajstić information content (AvgIpc) is 2.88. The third-order valence-electron chi connectivity index (χ3n) is 3.25. The summed E-state index contributed by atoms with van der Waals surface area (Å²) in [5.41, 5.74) is 0. The van der Waals surface area contributed by atoms with Gasteiger partial charge in [-0.05, 0) is 26.0 Å². The minimum absolute atomic E-state index is 0.120. The lowest BCUT2D eigenvalue weighted by molar-refractivity contribution is -0.0269. The van der Waals surface area contributed by atoms with E-state index < -0.39 is 16.8 Å². The van der Waals surface area contributed by atoms with E-state index >= 15 is 0 Å². The molecule has 112 valence electrons. The first-order valence-corrected chi connectivity index (χ1v) is 7.86. The summed E-state index contributed by atoms with van der Waals surface area (Å²) in [6.45, 7) is 6.47. The molecule has 1 aliphatic rings. The zero-order valence-corrected chi connectivity index (χ0v) is 12.4. The Balaban J connectivity index is 1.95. The molecule has 1 N–H and O–H groups in total. The Labute approximate surface area is 120 Å². The van der Waals surface area contributed by atoms with Crippen LogP contribution in [0.3, 0.4) is 0 Å². The van der Waals surface area contributed by atoms with Crippen LogP contribution in [0.25, 0.3) is 0 Å². The highest BCUT2D eigenvalue weighted by Crippen LogP contribution is 2.16. The van der Waals surface area contributed by atoms with E-state index in [9.17, 15) is 9.00 Å². The highest BCUT2D eigenvalue weighted by Gasteiger charge is 2.25. The molecule has 0 radical (unpaired) electrons. The predicted molar refractivity (Wildman–Crippen MR) is 73.4 cm³/mol. The Morgan fingerprint density at radius 3 is 2.90 bits per heavy atom. The van der Waals surface area contributed by atoms with Crippen LogP contribution < -0.4 is 0 Å². The van der Waals surface area contributed by atoms with Crippen molar-refractivity contribution in [2.24, 2.45) is 0 Å². The quantitative estimate of drug-likeness (QED) is 0.880. The van der Waals surface area contributed by atoms with Crippen molar-refractivity contribution in [2.45, 2.75) is 31.1 Å². The number of ether oxygens (including phenoxy) is 1. The van der Waals surface area contributed by atoms with E-state index in [0.29, 0.717) is 18.4 Å². The number of aromatic carboxylic acids is 1. The molecule has 0 aliphatic carbocycles. The van der Waals surface area contributed by atoms with Crippen molar-refractivity contribution >= 4 is 16.8 Å². The Morgan fingerprint density at radius 1 is 1.55 bits per heavy atom. The summed E-state index contributed by atoms with van der Waals surface area (Å²) in [6.07, 6.45) is -0.120. The van der Waals surface area contributed by atoms with Gasteiger partial charge in [-0.2, -0.15) is 0 Å². The van der Waals surface area contributed by atoms with E-state index in [0.717, 1.165) is 13.1 Å². The van der Waals surface area contributed by atoms with Crippen LogP contribution in [-0.4, -0.2) is 57.8 Å². The van der Waals surface area contributed by atoms with Crippen molar-refractivity contribution in [1.82, 2.24) is 4.90 Å². The van der Waals surface area contributed by atoms with Crippen LogP contribution in [0.2, 0.25) is 0 Å². The molecular weight excluding hydrogens is 282 g/mol. The predicted octanol–water partition coefficient (Wildman–Crippen LogP) is 1.19. The molecule has 7 heteroatoms. The number of hydrogen-bond donors (Lipinski definition) is 1. The van der Waals surface area contributed by atoms with Crippen molar-refractivity contribution in [1.29, 1.82) is 0 Å². The summed E-state index contributed by atoms with van der Waals surface area (Å²) in [5, 5.41) is 8.96. The first-order valence-electron chi connectivity index (χ1n) is 6.54. The monoisotopic (exact) mass is 301 g/mol. The summed E-state index contributed by atoms with van der Waals surface area (Å²) < 4.78 is 22.8. The van der Waals surface area contributed by atoms with E-state index in [2.05, 4.69) is 18.7 Å². The maximum Gasteiger partial charge on any atom is 0.371 e. The van der Waals surface area contributed by atoms with Crippen molar-refractivity contribution in [3.8, 4) is 0 Å². The molecule has 1 aromatic rings. The molecule has 20 heavy (non-hydrogen) atoms. The molecule has 1 aliphatic heterocycles. The number of furan rings is 1. The number of carboxylic acids is 1. The summed E-state index contributed by atoms with van der Waals surface area (Å²) in [6, 6.07) is 3.19. The van der Waals surface area contributed by atoms with Gasteiger partial charge in [0.1, 0.15) is 0 Å². The molecule has 2 heterocycles. The maximum atomic E-state index is 12.2. The maximum absolute atomic E-state index is 12.2. The Hall–Kier alpha value is -1.18. The van der Waals surface area contributed by atoms with E-state index in [-0.39, 0.29) is 17.0 Å². The Bertz CT molecular complexity index is 499. The van der Waals surface area contributed by atoms with Crippen LogP contribution in [0.5, 0.6) is 0 Å². The molecule has 2 unspecified atom stereocenters. The highest BCUT2D eigenvalue weighted by atomic mass is 32.2. The Morgan fingerprint density at radius 2 is 2.30 bits per heavy atom. The third-order valence-corrected chi connectivity index (χ3v) is 4.60. The number of rotatable bonds is 5. The summed E-state index contributed by atoms with van der Waals surface area (Å²) in [5.74, 6) is -1.04. The van der Waals surface area contributed by atoms with Crippen LogP contribution in [-0.2, 0) is 15.5 Å². The van der Waals surface area contributed by atoms with Crippen LogP contribution in [0.4, 0.5) is 0 Å². The van der Waals surface area contributed by atoms with Gasteiger partial charge in [-0.3, -0.25) is 9.11 Å².